The topological polar surface area (TPSA) is 0 Å². The molecule has 3 spiro atoms. The highest BCUT2D eigenvalue weighted by molar-refractivity contribution is 5.64. The van der Waals surface area contributed by atoms with Crippen LogP contribution >= 0.6 is 0 Å². The molecule has 10 rings (SSSR count). The number of fused-ring (bicyclic) bond motifs is 2. The molecule has 13 unspecified atom stereocenters. The number of hydrogen-bond acceptors (Lipinski definition) is 0. The molecule has 19 heavy (non-hydrogen) atoms. The summed E-state index contributed by atoms with van der Waals surface area (Å²) in [6.45, 7) is 5.69. The predicted octanol–water partition coefficient (Wildman–Crippen LogP) is 3.57. The van der Waals surface area contributed by atoms with Gasteiger partial charge in [-0.1, -0.05) is 13.8 Å². The summed E-state index contributed by atoms with van der Waals surface area (Å²) in [5, 5.41) is 0. The molecule has 0 aliphatic heterocycles. The monoisotopic (exact) mass is 250 g/mol. The van der Waals surface area contributed by atoms with Crippen LogP contribution in [0.3, 0.4) is 0 Å². The maximum Gasteiger partial charge on any atom is -0.00769 e. The zero-order valence-corrected chi connectivity index (χ0v) is 11.9. The lowest BCUT2D eigenvalue weighted by molar-refractivity contribution is -0.680. The van der Waals surface area contributed by atoms with Crippen LogP contribution in [0.1, 0.15) is 39.5 Å². The van der Waals surface area contributed by atoms with E-state index in [1.807, 2.05) is 0 Å². The molecular weight excluding hydrogens is 228 g/mol. The number of rotatable bonds is 0. The Hall–Kier alpha value is 0. The van der Waals surface area contributed by atoms with Crippen LogP contribution < -0.4 is 0 Å². The van der Waals surface area contributed by atoms with Crippen LogP contribution in [0, 0.1) is 74.4 Å². The second-order valence-electron chi connectivity index (χ2n) is 10.8. The minimum Gasteiger partial charge on any atom is -0.0585 e. The molecule has 10 fully saturated rings. The van der Waals surface area contributed by atoms with Gasteiger partial charge in [0.25, 0.3) is 0 Å². The maximum atomic E-state index is 2.85. The lowest BCUT2D eigenvalue weighted by atomic mass is 8.89. The van der Waals surface area contributed by atoms with Crippen molar-refractivity contribution in [1.29, 1.82) is 0 Å². The standard InChI is InChI=1S/C19H22/c1-15-7-4-14-13-6-12-11-5-10-8(15)3-9(7)16(2)17(10,11)18(12,13)19(14,15)16/h7-14H,3-6H2,1-2H3. The summed E-state index contributed by atoms with van der Waals surface area (Å²) in [6.07, 6.45) is 6.76. The van der Waals surface area contributed by atoms with Gasteiger partial charge in [-0.05, 0) is 100 Å². The summed E-state index contributed by atoms with van der Waals surface area (Å²) in [5.74, 6) is 9.83. The van der Waals surface area contributed by atoms with Gasteiger partial charge in [-0.2, -0.15) is 0 Å². The second kappa shape index (κ2) is 1.55. The van der Waals surface area contributed by atoms with E-state index in [0.29, 0.717) is 0 Å². The van der Waals surface area contributed by atoms with Crippen molar-refractivity contribution in [3.8, 4) is 0 Å². The van der Waals surface area contributed by atoms with E-state index in [2.05, 4.69) is 13.8 Å². The lowest BCUT2D eigenvalue weighted by Gasteiger charge is -3.14. The molecule has 6 bridgehead atoms. The Morgan fingerprint density at radius 3 is 1.95 bits per heavy atom. The molecule has 0 saturated heterocycles. The molecule has 10 aliphatic rings. The molecule has 0 N–H and O–H groups in total. The normalized spacial score (nSPS) is 101. The van der Waals surface area contributed by atoms with Gasteiger partial charge >= 0.3 is 0 Å². The van der Waals surface area contributed by atoms with Crippen molar-refractivity contribution in [1.82, 2.24) is 0 Å². The Balaban J connectivity index is 1.57. The van der Waals surface area contributed by atoms with E-state index >= 15 is 0 Å². The molecule has 0 aromatic heterocycles. The van der Waals surface area contributed by atoms with Crippen LogP contribution in [0.4, 0.5) is 0 Å². The molecule has 0 radical (unpaired) electrons. The van der Waals surface area contributed by atoms with Crippen molar-refractivity contribution in [3.63, 3.8) is 0 Å². The van der Waals surface area contributed by atoms with Crippen LogP contribution in [0.5, 0.6) is 0 Å². The van der Waals surface area contributed by atoms with Gasteiger partial charge in [0, 0.05) is 0 Å². The van der Waals surface area contributed by atoms with E-state index < -0.39 is 0 Å². The molecule has 0 aromatic rings. The van der Waals surface area contributed by atoms with Gasteiger partial charge in [0.1, 0.15) is 0 Å². The number of hydrogen-bond donors (Lipinski definition) is 0. The Bertz CT molecular complexity index is 680. The highest BCUT2D eigenvalue weighted by atomic mass is 15.2. The third kappa shape index (κ3) is 0.295. The Kier molecular flexibility index (Phi) is 0.687. The Morgan fingerprint density at radius 1 is 0.579 bits per heavy atom. The SMILES string of the molecule is CC12C3CC4C5CC6C7CC8C1CC3C1(C)C87C65C421. The largest absolute Gasteiger partial charge is 0.0585 e. The molecule has 0 heteroatoms. The van der Waals surface area contributed by atoms with Gasteiger partial charge in [0.2, 0.25) is 0 Å². The highest BCUT2D eigenvalue weighted by Gasteiger charge is 3.18. The predicted molar refractivity (Wildman–Crippen MR) is 69.9 cm³/mol. The van der Waals surface area contributed by atoms with Gasteiger partial charge in [-0.15, -0.1) is 0 Å². The fourth-order valence-electron chi connectivity index (χ4n) is 14.5. The fraction of sp³-hybridized carbons (Fsp3) is 1.00. The van der Waals surface area contributed by atoms with E-state index in [9.17, 15) is 0 Å². The molecule has 13 atom stereocenters. The van der Waals surface area contributed by atoms with Gasteiger partial charge in [0.05, 0.1) is 0 Å². The van der Waals surface area contributed by atoms with E-state index in [4.69, 9.17) is 0 Å². The van der Waals surface area contributed by atoms with E-state index in [1.165, 1.54) is 47.3 Å². The zero-order valence-electron chi connectivity index (χ0n) is 11.9. The Morgan fingerprint density at radius 2 is 1.11 bits per heavy atom. The second-order valence-corrected chi connectivity index (χ2v) is 10.8. The van der Waals surface area contributed by atoms with Crippen molar-refractivity contribution < 1.29 is 0 Å². The summed E-state index contributed by atoms with van der Waals surface area (Å²) in [6, 6.07) is 0. The van der Waals surface area contributed by atoms with Crippen LogP contribution in [-0.2, 0) is 0 Å². The summed E-state index contributed by atoms with van der Waals surface area (Å²) in [4.78, 5) is 0. The van der Waals surface area contributed by atoms with Crippen molar-refractivity contribution in [3.05, 3.63) is 0 Å². The summed E-state index contributed by atoms with van der Waals surface area (Å²) in [7, 11) is 0. The minimum atomic E-state index is 0.851. The van der Waals surface area contributed by atoms with Gasteiger partial charge in [-0.25, -0.2) is 0 Å². The average molecular weight is 250 g/mol. The van der Waals surface area contributed by atoms with Crippen LogP contribution in [-0.4, -0.2) is 0 Å². The first kappa shape index (κ1) is 8.44. The highest BCUT2D eigenvalue weighted by Crippen LogP contribution is 3.22. The zero-order chi connectivity index (χ0) is 11.9. The summed E-state index contributed by atoms with van der Waals surface area (Å²) < 4.78 is 0. The third-order valence-electron chi connectivity index (χ3n) is 13.0. The first-order chi connectivity index (χ1) is 9.16. The van der Waals surface area contributed by atoms with Crippen LogP contribution in [0.2, 0.25) is 0 Å². The molecule has 10 saturated carbocycles. The molecule has 0 aromatic carbocycles. The molecule has 10 aliphatic carbocycles. The first-order valence-corrected chi connectivity index (χ1v) is 9.16. The Labute approximate surface area is 114 Å². The summed E-state index contributed by atoms with van der Waals surface area (Å²) in [5.41, 5.74) is 4.64. The molecular formula is C19H22. The van der Waals surface area contributed by atoms with Crippen molar-refractivity contribution in [2.24, 2.45) is 74.4 Å². The smallest absolute Gasteiger partial charge is 0.00769 e. The third-order valence-corrected chi connectivity index (χ3v) is 13.0. The van der Waals surface area contributed by atoms with Crippen molar-refractivity contribution >= 4 is 0 Å². The van der Waals surface area contributed by atoms with Gasteiger partial charge in [0.15, 0.2) is 0 Å². The van der Waals surface area contributed by atoms with Gasteiger partial charge < -0.3 is 0 Å². The van der Waals surface area contributed by atoms with E-state index in [1.54, 1.807) is 25.7 Å². The van der Waals surface area contributed by atoms with E-state index in [-0.39, 0.29) is 0 Å². The van der Waals surface area contributed by atoms with Crippen molar-refractivity contribution in [2.75, 3.05) is 0 Å². The fourth-order valence-corrected chi connectivity index (χ4v) is 14.5. The lowest BCUT2D eigenvalue weighted by Crippen LogP contribution is -3.11. The van der Waals surface area contributed by atoms with Gasteiger partial charge in [-0.3, -0.25) is 0 Å². The van der Waals surface area contributed by atoms with Crippen molar-refractivity contribution in [2.45, 2.75) is 39.5 Å². The summed E-state index contributed by atoms with van der Waals surface area (Å²) >= 11 is 0. The molecule has 0 heterocycles. The molecule has 0 nitrogen and oxygen atoms in total. The van der Waals surface area contributed by atoms with Crippen LogP contribution in [0.25, 0.3) is 0 Å². The minimum absolute atomic E-state index is 0.851. The van der Waals surface area contributed by atoms with E-state index in [0.717, 1.165) is 27.1 Å². The van der Waals surface area contributed by atoms with Crippen LogP contribution in [0.15, 0.2) is 0 Å². The first-order valence-electron chi connectivity index (χ1n) is 9.16. The quantitative estimate of drug-likeness (QED) is 0.616. The maximum absolute atomic E-state index is 2.85. The molecule has 98 valence electrons. The average Bonchev–Trinajstić information content (AvgIpc) is 2.75. The molecule has 0 amide bonds.